The Morgan fingerprint density at radius 2 is 1.82 bits per heavy atom. The predicted molar refractivity (Wildman–Crippen MR) is 66.6 cm³/mol. The Kier molecular flexibility index (Phi) is 3.49. The lowest BCUT2D eigenvalue weighted by Crippen LogP contribution is -1.99. The van der Waals surface area contributed by atoms with E-state index in [0.717, 1.165) is 5.56 Å². The van der Waals surface area contributed by atoms with Gasteiger partial charge in [0.1, 0.15) is 11.6 Å². The van der Waals surface area contributed by atoms with Crippen molar-refractivity contribution < 1.29 is 9.13 Å². The van der Waals surface area contributed by atoms with Crippen LogP contribution in [0.2, 0.25) is 5.02 Å². The first-order chi connectivity index (χ1) is 8.18. The molecule has 2 nitrogen and oxygen atoms in total. The Balaban J connectivity index is 2.13. The number of hydrogen-bond acceptors (Lipinski definition) is 2. The SMILES string of the molecule is Nc1ccc(OCc2ccccc2)c(F)c1Cl. The quantitative estimate of drug-likeness (QED) is 0.846. The summed E-state index contributed by atoms with van der Waals surface area (Å²) in [5, 5.41) is -0.101. The molecule has 0 radical (unpaired) electrons. The molecule has 4 heteroatoms. The smallest absolute Gasteiger partial charge is 0.185 e. The van der Waals surface area contributed by atoms with Crippen molar-refractivity contribution in [2.24, 2.45) is 0 Å². The third kappa shape index (κ3) is 2.68. The minimum Gasteiger partial charge on any atom is -0.486 e. The van der Waals surface area contributed by atoms with Crippen LogP contribution in [0.3, 0.4) is 0 Å². The lowest BCUT2D eigenvalue weighted by molar-refractivity contribution is 0.290. The summed E-state index contributed by atoms with van der Waals surface area (Å²) < 4.78 is 19.0. The molecule has 17 heavy (non-hydrogen) atoms. The molecular formula is C13H11ClFNO. The van der Waals surface area contributed by atoms with Crippen molar-refractivity contribution in [3.05, 3.63) is 58.9 Å². The zero-order valence-corrected chi connectivity index (χ0v) is 9.75. The second kappa shape index (κ2) is 5.06. The third-order valence-electron chi connectivity index (χ3n) is 2.31. The summed E-state index contributed by atoms with van der Waals surface area (Å²) in [5.74, 6) is -0.518. The third-order valence-corrected chi connectivity index (χ3v) is 2.70. The molecule has 2 aromatic carbocycles. The maximum atomic E-state index is 13.6. The average Bonchev–Trinajstić information content (AvgIpc) is 2.36. The van der Waals surface area contributed by atoms with Crippen molar-refractivity contribution >= 4 is 17.3 Å². The highest BCUT2D eigenvalue weighted by Crippen LogP contribution is 2.30. The lowest BCUT2D eigenvalue weighted by atomic mass is 10.2. The van der Waals surface area contributed by atoms with Crippen LogP contribution in [0.4, 0.5) is 10.1 Å². The predicted octanol–water partition coefficient (Wildman–Crippen LogP) is 3.64. The number of anilines is 1. The zero-order valence-electron chi connectivity index (χ0n) is 8.99. The number of benzene rings is 2. The molecule has 0 bridgehead atoms. The molecule has 0 heterocycles. The molecule has 2 rings (SSSR count). The Morgan fingerprint density at radius 1 is 1.12 bits per heavy atom. The molecule has 0 unspecified atom stereocenters. The van der Waals surface area contributed by atoms with Crippen molar-refractivity contribution in [3.8, 4) is 5.75 Å². The van der Waals surface area contributed by atoms with Gasteiger partial charge in [0.15, 0.2) is 11.6 Å². The van der Waals surface area contributed by atoms with Gasteiger partial charge in [-0.15, -0.1) is 0 Å². The molecule has 0 aliphatic rings. The largest absolute Gasteiger partial charge is 0.486 e. The second-order valence-corrected chi connectivity index (χ2v) is 3.93. The summed E-state index contributed by atoms with van der Waals surface area (Å²) in [5.41, 5.74) is 6.63. The Morgan fingerprint density at radius 3 is 2.53 bits per heavy atom. The molecular weight excluding hydrogens is 241 g/mol. The molecule has 0 amide bonds. The molecule has 0 atom stereocenters. The van der Waals surface area contributed by atoms with E-state index < -0.39 is 5.82 Å². The standard InChI is InChI=1S/C13H11ClFNO/c14-12-10(16)6-7-11(13(12)15)17-8-9-4-2-1-3-5-9/h1-7H,8,16H2. The van der Waals surface area contributed by atoms with E-state index >= 15 is 0 Å². The van der Waals surface area contributed by atoms with E-state index in [1.54, 1.807) is 0 Å². The van der Waals surface area contributed by atoms with Gasteiger partial charge in [-0.3, -0.25) is 0 Å². The minimum absolute atomic E-state index is 0.101. The van der Waals surface area contributed by atoms with Crippen molar-refractivity contribution in [1.29, 1.82) is 0 Å². The average molecular weight is 252 g/mol. The van der Waals surface area contributed by atoms with Crippen LogP contribution in [0.5, 0.6) is 5.75 Å². The van der Waals surface area contributed by atoms with Crippen LogP contribution in [-0.4, -0.2) is 0 Å². The van der Waals surface area contributed by atoms with Crippen molar-refractivity contribution in [2.45, 2.75) is 6.61 Å². The maximum absolute atomic E-state index is 13.6. The summed E-state index contributed by atoms with van der Waals surface area (Å²) in [7, 11) is 0. The number of nitrogens with two attached hydrogens (primary N) is 1. The van der Waals surface area contributed by atoms with E-state index in [2.05, 4.69) is 0 Å². The van der Waals surface area contributed by atoms with Gasteiger partial charge >= 0.3 is 0 Å². The molecule has 88 valence electrons. The van der Waals surface area contributed by atoms with Crippen LogP contribution in [0.15, 0.2) is 42.5 Å². The van der Waals surface area contributed by atoms with Gasteiger partial charge in [0.2, 0.25) is 0 Å². The summed E-state index contributed by atoms with van der Waals surface area (Å²) in [6.45, 7) is 0.290. The van der Waals surface area contributed by atoms with Crippen molar-refractivity contribution in [1.82, 2.24) is 0 Å². The van der Waals surface area contributed by atoms with E-state index in [-0.39, 0.29) is 23.1 Å². The highest BCUT2D eigenvalue weighted by Gasteiger charge is 2.10. The fraction of sp³-hybridized carbons (Fsp3) is 0.0769. The minimum atomic E-state index is -0.623. The van der Waals surface area contributed by atoms with Gasteiger partial charge in [-0.1, -0.05) is 41.9 Å². The molecule has 0 aliphatic carbocycles. The maximum Gasteiger partial charge on any atom is 0.185 e. The van der Waals surface area contributed by atoms with Gasteiger partial charge in [0, 0.05) is 0 Å². The Labute approximate surface area is 104 Å². The molecule has 0 saturated carbocycles. The monoisotopic (exact) mass is 251 g/mol. The fourth-order valence-corrected chi connectivity index (χ4v) is 1.55. The zero-order chi connectivity index (χ0) is 12.3. The van der Waals surface area contributed by atoms with Gasteiger partial charge in [0.25, 0.3) is 0 Å². The van der Waals surface area contributed by atoms with E-state index in [1.165, 1.54) is 12.1 Å². The van der Waals surface area contributed by atoms with Gasteiger partial charge in [-0.25, -0.2) is 4.39 Å². The van der Waals surface area contributed by atoms with Crippen LogP contribution in [0.25, 0.3) is 0 Å². The number of halogens is 2. The normalized spacial score (nSPS) is 10.2. The second-order valence-electron chi connectivity index (χ2n) is 3.56. The number of nitrogen functional groups attached to an aromatic ring is 1. The summed E-state index contributed by atoms with van der Waals surface area (Å²) >= 11 is 5.68. The van der Waals surface area contributed by atoms with Crippen LogP contribution in [-0.2, 0) is 6.61 Å². The molecule has 0 aromatic heterocycles. The van der Waals surface area contributed by atoms with Crippen LogP contribution in [0, 0.1) is 5.82 Å². The van der Waals surface area contributed by atoms with Crippen LogP contribution >= 0.6 is 11.6 Å². The molecule has 0 aliphatic heterocycles. The van der Waals surface area contributed by atoms with Crippen molar-refractivity contribution in [3.63, 3.8) is 0 Å². The molecule has 0 spiro atoms. The Hall–Kier alpha value is -1.74. The van der Waals surface area contributed by atoms with E-state index in [0.29, 0.717) is 0 Å². The highest BCUT2D eigenvalue weighted by molar-refractivity contribution is 6.33. The van der Waals surface area contributed by atoms with E-state index in [4.69, 9.17) is 22.1 Å². The topological polar surface area (TPSA) is 35.2 Å². The number of ether oxygens (including phenoxy) is 1. The lowest BCUT2D eigenvalue weighted by Gasteiger charge is -2.09. The van der Waals surface area contributed by atoms with Crippen LogP contribution in [0.1, 0.15) is 5.56 Å². The summed E-state index contributed by atoms with van der Waals surface area (Å²) in [4.78, 5) is 0. The first kappa shape index (κ1) is 11.7. The van der Waals surface area contributed by atoms with Gasteiger partial charge in [0.05, 0.1) is 5.69 Å². The van der Waals surface area contributed by atoms with Crippen molar-refractivity contribution in [2.75, 3.05) is 5.73 Å². The van der Waals surface area contributed by atoms with Crippen LogP contribution < -0.4 is 10.5 Å². The summed E-state index contributed by atoms with van der Waals surface area (Å²) in [6.07, 6.45) is 0. The number of hydrogen-bond donors (Lipinski definition) is 1. The van der Waals surface area contributed by atoms with E-state index in [1.807, 2.05) is 30.3 Å². The molecule has 0 saturated heterocycles. The molecule has 2 aromatic rings. The Bertz CT molecular complexity index is 516. The first-order valence-electron chi connectivity index (χ1n) is 5.08. The van der Waals surface area contributed by atoms with E-state index in [9.17, 15) is 4.39 Å². The first-order valence-corrected chi connectivity index (χ1v) is 5.46. The number of rotatable bonds is 3. The molecule has 2 N–H and O–H groups in total. The molecule has 0 fully saturated rings. The van der Waals surface area contributed by atoms with Gasteiger partial charge < -0.3 is 10.5 Å². The van der Waals surface area contributed by atoms with Gasteiger partial charge in [-0.2, -0.15) is 0 Å². The summed E-state index contributed by atoms with van der Waals surface area (Å²) in [6, 6.07) is 12.5. The highest BCUT2D eigenvalue weighted by atomic mass is 35.5. The van der Waals surface area contributed by atoms with Gasteiger partial charge in [-0.05, 0) is 17.7 Å². The fourth-order valence-electron chi connectivity index (χ4n) is 1.39.